The fourth-order valence-electron chi connectivity index (χ4n) is 4.54. The molecule has 8 heteroatoms. The van der Waals surface area contributed by atoms with Gasteiger partial charge in [0.1, 0.15) is 17.0 Å². The summed E-state index contributed by atoms with van der Waals surface area (Å²) in [4.78, 5) is 29.2. The number of nitrogens with one attached hydrogen (secondary N) is 3. The molecule has 2 amide bonds. The van der Waals surface area contributed by atoms with Gasteiger partial charge in [0.05, 0.1) is 6.04 Å². The quantitative estimate of drug-likeness (QED) is 0.454. The molecule has 2 atom stereocenters. The SMILES string of the molecule is O=C(N[C@H]1CN[C@H](C(=O)Nc2cccc(Br)n2)C1)OCC1c2ccccc2-c2ccccc21. The second-order valence-corrected chi connectivity index (χ2v) is 9.01. The molecule has 3 N–H and O–H groups in total. The second kappa shape index (κ2) is 9.33. The van der Waals surface area contributed by atoms with Crippen LogP contribution >= 0.6 is 15.9 Å². The molecule has 0 spiro atoms. The van der Waals surface area contributed by atoms with E-state index in [0.29, 0.717) is 23.4 Å². The van der Waals surface area contributed by atoms with Crippen molar-refractivity contribution in [3.8, 4) is 11.1 Å². The lowest BCUT2D eigenvalue weighted by molar-refractivity contribution is -0.117. The Labute approximate surface area is 200 Å². The van der Waals surface area contributed by atoms with Gasteiger partial charge in [-0.25, -0.2) is 9.78 Å². The van der Waals surface area contributed by atoms with Gasteiger partial charge in [-0.05, 0) is 56.7 Å². The van der Waals surface area contributed by atoms with E-state index in [1.807, 2.05) is 24.3 Å². The number of amides is 2. The summed E-state index contributed by atoms with van der Waals surface area (Å²) in [5.74, 6) is 0.308. The minimum absolute atomic E-state index is 0.0149. The summed E-state index contributed by atoms with van der Waals surface area (Å²) < 4.78 is 6.26. The molecule has 0 saturated carbocycles. The highest BCUT2D eigenvalue weighted by molar-refractivity contribution is 9.10. The van der Waals surface area contributed by atoms with Gasteiger partial charge >= 0.3 is 6.09 Å². The summed E-state index contributed by atoms with van der Waals surface area (Å²) in [6.07, 6.45) is 0.00250. The number of alkyl carbamates (subject to hydrolysis) is 1. The first-order valence-electron chi connectivity index (χ1n) is 10.9. The van der Waals surface area contributed by atoms with E-state index in [4.69, 9.17) is 4.74 Å². The van der Waals surface area contributed by atoms with E-state index in [9.17, 15) is 9.59 Å². The number of carbonyl (C=O) groups is 2. The molecule has 0 unspecified atom stereocenters. The number of aromatic nitrogens is 1. The van der Waals surface area contributed by atoms with Gasteiger partial charge < -0.3 is 20.7 Å². The van der Waals surface area contributed by atoms with Crippen molar-refractivity contribution in [2.24, 2.45) is 0 Å². The van der Waals surface area contributed by atoms with Gasteiger partial charge in [0.2, 0.25) is 5.91 Å². The summed E-state index contributed by atoms with van der Waals surface area (Å²) in [5.41, 5.74) is 4.73. The minimum Gasteiger partial charge on any atom is -0.449 e. The molecule has 1 aromatic heterocycles. The molecule has 5 rings (SSSR count). The zero-order valence-electron chi connectivity index (χ0n) is 17.8. The van der Waals surface area contributed by atoms with Crippen LogP contribution in [0.2, 0.25) is 0 Å². The second-order valence-electron chi connectivity index (χ2n) is 8.20. The maximum atomic E-state index is 12.5. The van der Waals surface area contributed by atoms with Gasteiger partial charge in [-0.2, -0.15) is 0 Å². The number of benzene rings is 2. The van der Waals surface area contributed by atoms with Crippen LogP contribution in [0.25, 0.3) is 11.1 Å². The van der Waals surface area contributed by atoms with E-state index < -0.39 is 12.1 Å². The van der Waals surface area contributed by atoms with Crippen molar-refractivity contribution in [1.29, 1.82) is 0 Å². The smallest absolute Gasteiger partial charge is 0.407 e. The Morgan fingerprint density at radius 1 is 1.00 bits per heavy atom. The monoisotopic (exact) mass is 506 g/mol. The Morgan fingerprint density at radius 3 is 2.39 bits per heavy atom. The summed E-state index contributed by atoms with van der Waals surface area (Å²) in [7, 11) is 0. The number of nitrogens with zero attached hydrogens (tertiary/aromatic N) is 1. The first-order valence-corrected chi connectivity index (χ1v) is 11.7. The van der Waals surface area contributed by atoms with Gasteiger partial charge in [0, 0.05) is 18.5 Å². The van der Waals surface area contributed by atoms with E-state index in [0.717, 1.165) is 0 Å². The highest BCUT2D eigenvalue weighted by Crippen LogP contribution is 2.44. The molecule has 1 fully saturated rings. The van der Waals surface area contributed by atoms with Crippen LogP contribution in [0.5, 0.6) is 0 Å². The van der Waals surface area contributed by atoms with Crippen LogP contribution in [-0.4, -0.2) is 42.2 Å². The van der Waals surface area contributed by atoms with Gasteiger partial charge in [0.15, 0.2) is 0 Å². The lowest BCUT2D eigenvalue weighted by Gasteiger charge is -2.16. The first-order chi connectivity index (χ1) is 16.1. The number of hydrogen-bond acceptors (Lipinski definition) is 5. The van der Waals surface area contributed by atoms with Gasteiger partial charge in [0.25, 0.3) is 0 Å². The Bertz CT molecular complexity index is 1160. The van der Waals surface area contributed by atoms with E-state index in [-0.39, 0.29) is 24.5 Å². The fraction of sp³-hybridized carbons (Fsp3) is 0.240. The van der Waals surface area contributed by atoms with Crippen molar-refractivity contribution in [3.05, 3.63) is 82.5 Å². The van der Waals surface area contributed by atoms with E-state index in [2.05, 4.69) is 61.1 Å². The normalized spacial score (nSPS) is 18.9. The van der Waals surface area contributed by atoms with Crippen LogP contribution in [0.15, 0.2) is 71.3 Å². The number of ether oxygens (including phenoxy) is 1. The van der Waals surface area contributed by atoms with Crippen LogP contribution in [0.4, 0.5) is 10.6 Å². The Kier molecular flexibility index (Phi) is 6.11. The van der Waals surface area contributed by atoms with E-state index in [1.165, 1.54) is 22.3 Å². The topological polar surface area (TPSA) is 92.4 Å². The lowest BCUT2D eigenvalue weighted by Crippen LogP contribution is -2.37. The molecular weight excluding hydrogens is 484 g/mol. The number of hydrogen-bond donors (Lipinski definition) is 3. The van der Waals surface area contributed by atoms with Crippen molar-refractivity contribution < 1.29 is 14.3 Å². The number of rotatable bonds is 5. The zero-order chi connectivity index (χ0) is 22.8. The van der Waals surface area contributed by atoms with E-state index >= 15 is 0 Å². The summed E-state index contributed by atoms with van der Waals surface area (Å²) in [5, 5.41) is 8.82. The molecule has 2 aromatic carbocycles. The third-order valence-electron chi connectivity index (χ3n) is 6.08. The number of halogens is 1. The van der Waals surface area contributed by atoms with Crippen LogP contribution in [0.1, 0.15) is 23.5 Å². The van der Waals surface area contributed by atoms with Crippen molar-refractivity contribution in [2.45, 2.75) is 24.4 Å². The number of anilines is 1. The predicted octanol–water partition coefficient (Wildman–Crippen LogP) is 4.05. The molecular formula is C25H23BrN4O3. The summed E-state index contributed by atoms with van der Waals surface area (Å²) in [6.45, 7) is 0.757. The van der Waals surface area contributed by atoms with Crippen molar-refractivity contribution in [2.75, 3.05) is 18.5 Å². The molecule has 0 bridgehead atoms. The molecule has 2 heterocycles. The van der Waals surface area contributed by atoms with Gasteiger partial charge in [-0.1, -0.05) is 54.6 Å². The maximum Gasteiger partial charge on any atom is 0.407 e. The molecule has 2 aliphatic rings. The Hall–Kier alpha value is -3.23. The van der Waals surface area contributed by atoms with Crippen LogP contribution in [0.3, 0.4) is 0 Å². The molecule has 3 aromatic rings. The highest BCUT2D eigenvalue weighted by atomic mass is 79.9. The molecule has 0 radical (unpaired) electrons. The van der Waals surface area contributed by atoms with Crippen molar-refractivity contribution in [1.82, 2.24) is 15.6 Å². The van der Waals surface area contributed by atoms with Crippen LogP contribution in [-0.2, 0) is 9.53 Å². The summed E-state index contributed by atoms with van der Waals surface area (Å²) in [6, 6.07) is 21.2. The third-order valence-corrected chi connectivity index (χ3v) is 6.52. The average Bonchev–Trinajstić information content (AvgIpc) is 3.40. The molecule has 1 aliphatic heterocycles. The lowest BCUT2D eigenvalue weighted by atomic mass is 9.98. The number of fused-ring (bicyclic) bond motifs is 3. The van der Waals surface area contributed by atoms with Crippen LogP contribution < -0.4 is 16.0 Å². The minimum atomic E-state index is -0.474. The predicted molar refractivity (Wildman–Crippen MR) is 129 cm³/mol. The standard InChI is InChI=1S/C25H23BrN4O3/c26-22-10-5-11-23(29-22)30-24(31)21-12-15(13-27-21)28-25(32)33-14-20-18-8-3-1-6-16(18)17-7-2-4-9-19(17)20/h1-11,15,20-21,27H,12-14H2,(H,28,32)(H,29,30,31)/t15-,21+/m1/s1. The fourth-order valence-corrected chi connectivity index (χ4v) is 4.89. The number of carbonyl (C=O) groups excluding carboxylic acids is 2. The molecule has 1 aliphatic carbocycles. The Morgan fingerprint density at radius 2 is 1.70 bits per heavy atom. The van der Waals surface area contributed by atoms with Crippen LogP contribution in [0, 0.1) is 0 Å². The molecule has 168 valence electrons. The number of pyridine rings is 1. The largest absolute Gasteiger partial charge is 0.449 e. The molecule has 33 heavy (non-hydrogen) atoms. The Balaban J connectivity index is 1.15. The summed E-state index contributed by atoms with van der Waals surface area (Å²) >= 11 is 3.29. The third kappa shape index (κ3) is 4.62. The average molecular weight is 507 g/mol. The molecule has 7 nitrogen and oxygen atoms in total. The van der Waals surface area contributed by atoms with Gasteiger partial charge in [-0.3, -0.25) is 4.79 Å². The van der Waals surface area contributed by atoms with Gasteiger partial charge in [-0.15, -0.1) is 0 Å². The maximum absolute atomic E-state index is 12.5. The molecule has 1 saturated heterocycles. The van der Waals surface area contributed by atoms with Crippen molar-refractivity contribution >= 4 is 33.7 Å². The van der Waals surface area contributed by atoms with Crippen molar-refractivity contribution in [3.63, 3.8) is 0 Å². The zero-order valence-corrected chi connectivity index (χ0v) is 19.3. The highest BCUT2D eigenvalue weighted by Gasteiger charge is 2.32. The first kappa shape index (κ1) is 21.6. The van der Waals surface area contributed by atoms with E-state index in [1.54, 1.807) is 18.2 Å².